The van der Waals surface area contributed by atoms with Crippen LogP contribution in [-0.4, -0.2) is 12.6 Å². The van der Waals surface area contributed by atoms with Crippen molar-refractivity contribution in [3.8, 4) is 5.75 Å². The Balaban J connectivity index is 2.55. The molecule has 0 fully saturated rings. The Morgan fingerprint density at radius 1 is 1.00 bits per heavy atom. The summed E-state index contributed by atoms with van der Waals surface area (Å²) < 4.78 is 5.66. The maximum Gasteiger partial charge on any atom is 0.119 e. The molecular formula is C15H25NO. The summed E-state index contributed by atoms with van der Waals surface area (Å²) in [5.74, 6) is 1.52. The molecule has 0 heterocycles. The summed E-state index contributed by atoms with van der Waals surface area (Å²) in [6.45, 7) is 11.6. The molecule has 0 aliphatic rings. The van der Waals surface area contributed by atoms with Crippen LogP contribution in [0.3, 0.4) is 0 Å². The summed E-state index contributed by atoms with van der Waals surface area (Å²) in [5.41, 5.74) is 1.30. The fourth-order valence-corrected chi connectivity index (χ4v) is 1.71. The summed E-state index contributed by atoms with van der Waals surface area (Å²) in [6, 6.07) is 9.26. The van der Waals surface area contributed by atoms with Gasteiger partial charge in [0.15, 0.2) is 0 Å². The number of nitrogens with one attached hydrogen (secondary N) is 1. The Bertz CT molecular complexity index is 316. The Labute approximate surface area is 105 Å². The minimum atomic E-state index is 0.383. The minimum Gasteiger partial charge on any atom is -0.493 e. The zero-order chi connectivity index (χ0) is 12.8. The van der Waals surface area contributed by atoms with Crippen molar-refractivity contribution >= 4 is 0 Å². The largest absolute Gasteiger partial charge is 0.493 e. The predicted octanol–water partition coefficient (Wildman–Crippen LogP) is 3.78. The standard InChI is InChI=1S/C15H25NO/c1-11(2)10-17-15-8-6-14(7-9-15)13(5)16-12(3)4/h6-9,11-13,16H,10H2,1-5H3. The molecule has 1 aromatic rings. The van der Waals surface area contributed by atoms with E-state index in [2.05, 4.69) is 64.2 Å². The normalized spacial score (nSPS) is 13.1. The Morgan fingerprint density at radius 2 is 1.59 bits per heavy atom. The van der Waals surface area contributed by atoms with Crippen LogP contribution in [0.25, 0.3) is 0 Å². The van der Waals surface area contributed by atoms with Gasteiger partial charge in [0.1, 0.15) is 5.75 Å². The van der Waals surface area contributed by atoms with Gasteiger partial charge in [0, 0.05) is 12.1 Å². The molecule has 1 unspecified atom stereocenters. The van der Waals surface area contributed by atoms with E-state index in [0.29, 0.717) is 18.0 Å². The second kappa shape index (κ2) is 6.65. The van der Waals surface area contributed by atoms with E-state index >= 15 is 0 Å². The van der Waals surface area contributed by atoms with Crippen molar-refractivity contribution in [3.05, 3.63) is 29.8 Å². The summed E-state index contributed by atoms with van der Waals surface area (Å²) in [6.07, 6.45) is 0. The fourth-order valence-electron chi connectivity index (χ4n) is 1.71. The Kier molecular flexibility index (Phi) is 5.49. The molecule has 0 bridgehead atoms. The van der Waals surface area contributed by atoms with Crippen LogP contribution < -0.4 is 10.1 Å². The third-order valence-electron chi connectivity index (χ3n) is 2.55. The van der Waals surface area contributed by atoms with Gasteiger partial charge in [-0.3, -0.25) is 0 Å². The molecule has 0 aliphatic carbocycles. The highest BCUT2D eigenvalue weighted by atomic mass is 16.5. The molecule has 17 heavy (non-hydrogen) atoms. The monoisotopic (exact) mass is 235 g/mol. The average Bonchev–Trinajstić information content (AvgIpc) is 2.26. The van der Waals surface area contributed by atoms with E-state index in [4.69, 9.17) is 4.74 Å². The predicted molar refractivity (Wildman–Crippen MR) is 73.5 cm³/mol. The van der Waals surface area contributed by atoms with E-state index in [1.807, 2.05) is 0 Å². The van der Waals surface area contributed by atoms with Crippen LogP contribution in [0.5, 0.6) is 5.75 Å². The highest BCUT2D eigenvalue weighted by Crippen LogP contribution is 2.18. The van der Waals surface area contributed by atoms with Crippen LogP contribution in [0.2, 0.25) is 0 Å². The van der Waals surface area contributed by atoms with E-state index in [9.17, 15) is 0 Å². The number of rotatable bonds is 6. The van der Waals surface area contributed by atoms with Crippen molar-refractivity contribution < 1.29 is 4.74 Å². The topological polar surface area (TPSA) is 21.3 Å². The molecule has 0 aromatic heterocycles. The number of hydrogen-bond donors (Lipinski definition) is 1. The zero-order valence-electron chi connectivity index (χ0n) is 11.7. The lowest BCUT2D eigenvalue weighted by Crippen LogP contribution is -2.25. The molecule has 0 radical (unpaired) electrons. The minimum absolute atomic E-state index is 0.383. The van der Waals surface area contributed by atoms with Gasteiger partial charge in [0.2, 0.25) is 0 Å². The molecule has 0 saturated heterocycles. The molecule has 0 aliphatic heterocycles. The van der Waals surface area contributed by atoms with Gasteiger partial charge in [-0.05, 0) is 30.5 Å². The van der Waals surface area contributed by atoms with E-state index < -0.39 is 0 Å². The quantitative estimate of drug-likeness (QED) is 0.810. The maximum atomic E-state index is 5.66. The zero-order valence-corrected chi connectivity index (χ0v) is 11.7. The fraction of sp³-hybridized carbons (Fsp3) is 0.600. The second-order valence-corrected chi connectivity index (χ2v) is 5.32. The second-order valence-electron chi connectivity index (χ2n) is 5.32. The summed E-state index contributed by atoms with van der Waals surface area (Å²) in [7, 11) is 0. The third kappa shape index (κ3) is 5.22. The van der Waals surface area contributed by atoms with Crippen LogP contribution in [0, 0.1) is 5.92 Å². The first-order chi connectivity index (χ1) is 7.99. The SMILES string of the molecule is CC(C)COc1ccc(C(C)NC(C)C)cc1. The number of benzene rings is 1. The van der Waals surface area contributed by atoms with Gasteiger partial charge in [-0.15, -0.1) is 0 Å². The van der Waals surface area contributed by atoms with Crippen molar-refractivity contribution in [1.82, 2.24) is 5.32 Å². The molecule has 0 saturated carbocycles. The lowest BCUT2D eigenvalue weighted by atomic mass is 10.1. The number of hydrogen-bond acceptors (Lipinski definition) is 2. The van der Waals surface area contributed by atoms with Crippen molar-refractivity contribution in [3.63, 3.8) is 0 Å². The van der Waals surface area contributed by atoms with Gasteiger partial charge in [0.05, 0.1) is 6.61 Å². The Hall–Kier alpha value is -1.02. The van der Waals surface area contributed by atoms with Gasteiger partial charge < -0.3 is 10.1 Å². The molecular weight excluding hydrogens is 210 g/mol. The summed E-state index contributed by atoms with van der Waals surface area (Å²) in [4.78, 5) is 0. The first-order valence-corrected chi connectivity index (χ1v) is 6.48. The van der Waals surface area contributed by atoms with E-state index in [1.54, 1.807) is 0 Å². The molecule has 1 N–H and O–H groups in total. The first kappa shape index (κ1) is 14.0. The van der Waals surface area contributed by atoms with Crippen LogP contribution in [0.4, 0.5) is 0 Å². The van der Waals surface area contributed by atoms with Crippen LogP contribution in [-0.2, 0) is 0 Å². The van der Waals surface area contributed by atoms with E-state index in [-0.39, 0.29) is 0 Å². The van der Waals surface area contributed by atoms with Crippen molar-refractivity contribution in [1.29, 1.82) is 0 Å². The lowest BCUT2D eigenvalue weighted by Gasteiger charge is -2.17. The van der Waals surface area contributed by atoms with Gasteiger partial charge in [-0.1, -0.05) is 39.8 Å². The lowest BCUT2D eigenvalue weighted by molar-refractivity contribution is 0.271. The summed E-state index contributed by atoms with van der Waals surface area (Å²) in [5, 5.41) is 3.49. The molecule has 96 valence electrons. The maximum absolute atomic E-state index is 5.66. The molecule has 2 nitrogen and oxygen atoms in total. The molecule has 1 atom stereocenters. The summed E-state index contributed by atoms with van der Waals surface area (Å²) >= 11 is 0. The van der Waals surface area contributed by atoms with Gasteiger partial charge in [-0.25, -0.2) is 0 Å². The molecule has 0 spiro atoms. The van der Waals surface area contributed by atoms with Crippen molar-refractivity contribution in [2.45, 2.75) is 46.7 Å². The number of ether oxygens (including phenoxy) is 1. The molecule has 2 heteroatoms. The van der Waals surface area contributed by atoms with Crippen LogP contribution in [0.1, 0.15) is 46.2 Å². The molecule has 1 aromatic carbocycles. The van der Waals surface area contributed by atoms with Crippen LogP contribution >= 0.6 is 0 Å². The van der Waals surface area contributed by atoms with Gasteiger partial charge in [0.25, 0.3) is 0 Å². The first-order valence-electron chi connectivity index (χ1n) is 6.48. The molecule has 1 rings (SSSR count). The Morgan fingerprint density at radius 3 is 2.06 bits per heavy atom. The third-order valence-corrected chi connectivity index (χ3v) is 2.55. The smallest absolute Gasteiger partial charge is 0.119 e. The van der Waals surface area contributed by atoms with E-state index in [0.717, 1.165) is 12.4 Å². The average molecular weight is 235 g/mol. The van der Waals surface area contributed by atoms with E-state index in [1.165, 1.54) is 5.56 Å². The van der Waals surface area contributed by atoms with Gasteiger partial charge in [-0.2, -0.15) is 0 Å². The van der Waals surface area contributed by atoms with Crippen molar-refractivity contribution in [2.75, 3.05) is 6.61 Å². The highest BCUT2D eigenvalue weighted by Gasteiger charge is 2.06. The van der Waals surface area contributed by atoms with Crippen molar-refractivity contribution in [2.24, 2.45) is 5.92 Å². The van der Waals surface area contributed by atoms with Crippen LogP contribution in [0.15, 0.2) is 24.3 Å². The van der Waals surface area contributed by atoms with Gasteiger partial charge >= 0.3 is 0 Å². The highest BCUT2D eigenvalue weighted by molar-refractivity contribution is 5.29. The molecule has 0 amide bonds.